The van der Waals surface area contributed by atoms with Crippen LogP contribution in [0.15, 0.2) is 18.2 Å². The lowest BCUT2D eigenvalue weighted by Gasteiger charge is -2.24. The van der Waals surface area contributed by atoms with E-state index in [-0.39, 0.29) is 11.5 Å². The normalized spacial score (nSPS) is 14.9. The Balaban J connectivity index is 2.00. The summed E-state index contributed by atoms with van der Waals surface area (Å²) in [5.74, 6) is -0.403. The minimum atomic E-state index is -0.953. The second kappa shape index (κ2) is 5.21. The number of carboxylic acids is 1. The smallest absolute Gasteiger partial charge is 0.335 e. The molecule has 1 saturated carbocycles. The lowest BCUT2D eigenvalue weighted by molar-refractivity contribution is -0.117. The van der Waals surface area contributed by atoms with Crippen LogP contribution in [0.2, 0.25) is 0 Å². The SMILES string of the molecule is Cc1cc(C(=O)O)ccc1NC(=O)CC1CCC1. The molecule has 1 fully saturated rings. The average molecular weight is 247 g/mol. The van der Waals surface area contributed by atoms with Gasteiger partial charge in [-0.2, -0.15) is 0 Å². The molecule has 96 valence electrons. The van der Waals surface area contributed by atoms with E-state index in [1.165, 1.54) is 12.5 Å². The number of amides is 1. The molecule has 0 spiro atoms. The van der Waals surface area contributed by atoms with Crippen molar-refractivity contribution < 1.29 is 14.7 Å². The molecule has 4 nitrogen and oxygen atoms in total. The predicted octanol–water partition coefficient (Wildman–Crippen LogP) is 2.82. The predicted molar refractivity (Wildman–Crippen MR) is 68.7 cm³/mol. The minimum absolute atomic E-state index is 0.0193. The Morgan fingerprint density at radius 3 is 2.61 bits per heavy atom. The Morgan fingerprint density at radius 1 is 1.39 bits per heavy atom. The number of hydrogen-bond donors (Lipinski definition) is 2. The van der Waals surface area contributed by atoms with Gasteiger partial charge in [0.05, 0.1) is 5.56 Å². The average Bonchev–Trinajstić information content (AvgIpc) is 2.26. The summed E-state index contributed by atoms with van der Waals surface area (Å²) in [5.41, 5.74) is 1.71. The summed E-state index contributed by atoms with van der Waals surface area (Å²) in [6, 6.07) is 4.73. The summed E-state index contributed by atoms with van der Waals surface area (Å²) in [4.78, 5) is 22.6. The maximum Gasteiger partial charge on any atom is 0.335 e. The first-order valence-corrected chi connectivity index (χ1v) is 6.20. The molecule has 1 aromatic carbocycles. The van der Waals surface area contributed by atoms with Crippen molar-refractivity contribution in [2.24, 2.45) is 5.92 Å². The molecule has 1 aromatic rings. The van der Waals surface area contributed by atoms with Gasteiger partial charge in [-0.1, -0.05) is 6.42 Å². The standard InChI is InChI=1S/C14H17NO3/c1-9-7-11(14(17)18)5-6-12(9)15-13(16)8-10-3-2-4-10/h5-7,10H,2-4,8H2,1H3,(H,15,16)(H,17,18). The number of carbonyl (C=O) groups is 2. The highest BCUT2D eigenvalue weighted by Gasteiger charge is 2.20. The molecule has 0 heterocycles. The first-order valence-electron chi connectivity index (χ1n) is 6.20. The number of anilines is 1. The third kappa shape index (κ3) is 2.88. The van der Waals surface area contributed by atoms with Gasteiger partial charge in [0.2, 0.25) is 5.91 Å². The van der Waals surface area contributed by atoms with Gasteiger partial charge in [0, 0.05) is 12.1 Å². The summed E-state index contributed by atoms with van der Waals surface area (Å²) >= 11 is 0. The van der Waals surface area contributed by atoms with E-state index in [4.69, 9.17) is 5.11 Å². The van der Waals surface area contributed by atoms with E-state index in [2.05, 4.69) is 5.32 Å². The first-order chi connectivity index (χ1) is 8.56. The maximum absolute atomic E-state index is 11.8. The monoisotopic (exact) mass is 247 g/mol. The molecule has 2 N–H and O–H groups in total. The van der Waals surface area contributed by atoms with Crippen molar-refractivity contribution in [3.05, 3.63) is 29.3 Å². The zero-order valence-electron chi connectivity index (χ0n) is 10.4. The fourth-order valence-corrected chi connectivity index (χ4v) is 2.10. The highest BCUT2D eigenvalue weighted by molar-refractivity contribution is 5.93. The second-order valence-corrected chi connectivity index (χ2v) is 4.88. The van der Waals surface area contributed by atoms with Crippen LogP contribution in [0.25, 0.3) is 0 Å². The van der Waals surface area contributed by atoms with Crippen molar-refractivity contribution in [1.29, 1.82) is 0 Å². The topological polar surface area (TPSA) is 66.4 Å². The number of nitrogens with one attached hydrogen (secondary N) is 1. The van der Waals surface area contributed by atoms with Gasteiger partial charge in [-0.05, 0) is 49.4 Å². The van der Waals surface area contributed by atoms with Crippen molar-refractivity contribution in [1.82, 2.24) is 0 Å². The summed E-state index contributed by atoms with van der Waals surface area (Å²) in [5, 5.41) is 11.7. The van der Waals surface area contributed by atoms with Gasteiger partial charge in [0.1, 0.15) is 0 Å². The van der Waals surface area contributed by atoms with E-state index in [0.717, 1.165) is 18.4 Å². The zero-order valence-corrected chi connectivity index (χ0v) is 10.4. The number of hydrogen-bond acceptors (Lipinski definition) is 2. The Kier molecular flexibility index (Phi) is 3.65. The second-order valence-electron chi connectivity index (χ2n) is 4.88. The summed E-state index contributed by atoms with van der Waals surface area (Å²) in [7, 11) is 0. The fourth-order valence-electron chi connectivity index (χ4n) is 2.10. The van der Waals surface area contributed by atoms with Crippen molar-refractivity contribution in [3.8, 4) is 0 Å². The highest BCUT2D eigenvalue weighted by atomic mass is 16.4. The summed E-state index contributed by atoms with van der Waals surface area (Å²) in [6.07, 6.45) is 4.08. The van der Waals surface area contributed by atoms with Crippen LogP contribution < -0.4 is 5.32 Å². The number of carbonyl (C=O) groups excluding carboxylic acids is 1. The molecule has 0 bridgehead atoms. The van der Waals surface area contributed by atoms with E-state index >= 15 is 0 Å². The molecule has 1 aliphatic carbocycles. The van der Waals surface area contributed by atoms with Crippen molar-refractivity contribution in [2.75, 3.05) is 5.32 Å². The molecule has 18 heavy (non-hydrogen) atoms. The summed E-state index contributed by atoms with van der Waals surface area (Å²) < 4.78 is 0. The molecule has 0 radical (unpaired) electrons. The van der Waals surface area contributed by atoms with Gasteiger partial charge in [-0.3, -0.25) is 4.79 Å². The van der Waals surface area contributed by atoms with E-state index in [1.54, 1.807) is 19.1 Å². The van der Waals surface area contributed by atoms with Crippen LogP contribution in [0.3, 0.4) is 0 Å². The molecule has 4 heteroatoms. The third-order valence-electron chi connectivity index (χ3n) is 3.45. The zero-order chi connectivity index (χ0) is 13.1. The van der Waals surface area contributed by atoms with Crippen molar-refractivity contribution >= 4 is 17.6 Å². The number of aromatic carboxylic acids is 1. The van der Waals surface area contributed by atoms with Crippen LogP contribution in [0.5, 0.6) is 0 Å². The molecule has 0 aromatic heterocycles. The summed E-state index contributed by atoms with van der Waals surface area (Å²) in [6.45, 7) is 1.80. The molecule has 0 aliphatic heterocycles. The van der Waals surface area contributed by atoms with Crippen LogP contribution in [0, 0.1) is 12.8 Å². The van der Waals surface area contributed by atoms with Gasteiger partial charge < -0.3 is 10.4 Å². The number of benzene rings is 1. The van der Waals surface area contributed by atoms with Gasteiger partial charge in [-0.25, -0.2) is 4.79 Å². The molecule has 0 atom stereocenters. The molecule has 1 aliphatic rings. The lowest BCUT2D eigenvalue weighted by atomic mass is 9.83. The van der Waals surface area contributed by atoms with Crippen molar-refractivity contribution in [2.45, 2.75) is 32.6 Å². The van der Waals surface area contributed by atoms with E-state index in [0.29, 0.717) is 18.0 Å². The van der Waals surface area contributed by atoms with Gasteiger partial charge in [0.15, 0.2) is 0 Å². The fraction of sp³-hybridized carbons (Fsp3) is 0.429. The van der Waals surface area contributed by atoms with Gasteiger partial charge in [0.25, 0.3) is 0 Å². The Morgan fingerprint density at radius 2 is 2.11 bits per heavy atom. The Bertz CT molecular complexity index is 478. The molecule has 0 unspecified atom stereocenters. The minimum Gasteiger partial charge on any atom is -0.478 e. The molecule has 0 saturated heterocycles. The van der Waals surface area contributed by atoms with Crippen LogP contribution in [0.1, 0.15) is 41.6 Å². The first kappa shape index (κ1) is 12.6. The van der Waals surface area contributed by atoms with Crippen LogP contribution in [0.4, 0.5) is 5.69 Å². The number of carboxylic acid groups (broad SMARTS) is 1. The van der Waals surface area contributed by atoms with E-state index in [9.17, 15) is 9.59 Å². The highest BCUT2D eigenvalue weighted by Crippen LogP contribution is 2.29. The Labute approximate surface area is 106 Å². The number of aryl methyl sites for hydroxylation is 1. The van der Waals surface area contributed by atoms with Gasteiger partial charge in [-0.15, -0.1) is 0 Å². The van der Waals surface area contributed by atoms with E-state index in [1.807, 2.05) is 0 Å². The lowest BCUT2D eigenvalue weighted by Crippen LogP contribution is -2.21. The maximum atomic E-state index is 11.8. The van der Waals surface area contributed by atoms with E-state index < -0.39 is 5.97 Å². The Hall–Kier alpha value is -1.84. The molecular formula is C14H17NO3. The van der Waals surface area contributed by atoms with Crippen LogP contribution in [-0.2, 0) is 4.79 Å². The van der Waals surface area contributed by atoms with Crippen molar-refractivity contribution in [3.63, 3.8) is 0 Å². The van der Waals surface area contributed by atoms with Crippen LogP contribution >= 0.6 is 0 Å². The largest absolute Gasteiger partial charge is 0.478 e. The molecule has 2 rings (SSSR count). The molecular weight excluding hydrogens is 230 g/mol. The quantitative estimate of drug-likeness (QED) is 0.859. The number of rotatable bonds is 4. The molecule has 1 amide bonds. The van der Waals surface area contributed by atoms with Gasteiger partial charge >= 0.3 is 5.97 Å². The third-order valence-corrected chi connectivity index (χ3v) is 3.45. The van der Waals surface area contributed by atoms with Crippen LogP contribution in [-0.4, -0.2) is 17.0 Å².